The van der Waals surface area contributed by atoms with Crippen LogP contribution >= 0.6 is 0 Å². The second kappa shape index (κ2) is 12.4. The fourth-order valence-electron chi connectivity index (χ4n) is 13.9. The van der Waals surface area contributed by atoms with E-state index in [0.29, 0.717) is 0 Å². The predicted octanol–water partition coefficient (Wildman–Crippen LogP) is 14.7. The highest BCUT2D eigenvalue weighted by molar-refractivity contribution is 6.99. The molecule has 3 aliphatic heterocycles. The zero-order valence-corrected chi connectivity index (χ0v) is 42.8. The molecule has 3 nitrogen and oxygen atoms in total. The van der Waals surface area contributed by atoms with Crippen molar-refractivity contribution in [2.24, 2.45) is 0 Å². The summed E-state index contributed by atoms with van der Waals surface area (Å²) in [5.41, 5.74) is 25.3. The molecule has 0 fully saturated rings. The van der Waals surface area contributed by atoms with Gasteiger partial charge >= 0.3 is 0 Å². The van der Waals surface area contributed by atoms with Gasteiger partial charge in [-0.05, 0) is 158 Å². The van der Waals surface area contributed by atoms with E-state index in [1.165, 1.54) is 97.9 Å². The first-order valence-electron chi connectivity index (χ1n) is 25.0. The summed E-state index contributed by atoms with van der Waals surface area (Å²) >= 11 is 0. The number of hydrogen-bond donors (Lipinski definition) is 0. The van der Waals surface area contributed by atoms with E-state index >= 15 is 0 Å². The molecule has 11 rings (SSSR count). The van der Waals surface area contributed by atoms with Gasteiger partial charge in [0.25, 0.3) is 6.71 Å². The van der Waals surface area contributed by atoms with Crippen LogP contribution in [-0.2, 0) is 43.3 Å². The summed E-state index contributed by atoms with van der Waals surface area (Å²) in [5, 5.41) is 0. The molecule has 0 bridgehead atoms. The van der Waals surface area contributed by atoms with Crippen LogP contribution < -0.4 is 26.4 Å². The summed E-state index contributed by atoms with van der Waals surface area (Å²) in [5.74, 6) is 1.19. The topological polar surface area (TPSA) is 19.6 Å². The van der Waals surface area contributed by atoms with E-state index in [2.05, 4.69) is 189 Å². The van der Waals surface area contributed by atoms with Crippen LogP contribution in [-0.4, -0.2) is 6.71 Å². The molecule has 0 saturated heterocycles. The lowest BCUT2D eigenvalue weighted by Gasteiger charge is -2.57. The van der Waals surface area contributed by atoms with E-state index in [0.717, 1.165) is 24.9 Å². The summed E-state index contributed by atoms with van der Waals surface area (Å²) in [6, 6.07) is 22.5. The molecule has 5 aromatic rings. The van der Waals surface area contributed by atoms with E-state index in [1.54, 1.807) is 22.3 Å². The Bertz CT molecular complexity index is 2860. The number of furan rings is 1. The Labute approximate surface area is 386 Å². The Morgan fingerprint density at radius 1 is 0.500 bits per heavy atom. The smallest absolute Gasteiger partial charge is 0.297 e. The average Bonchev–Trinajstić information content (AvgIpc) is 3.62. The maximum Gasteiger partial charge on any atom is 0.297 e. The Balaban J connectivity index is 1.34. The van der Waals surface area contributed by atoms with E-state index in [-0.39, 0.29) is 50.0 Å². The van der Waals surface area contributed by atoms with Crippen LogP contribution in [0.25, 0.3) is 0 Å². The zero-order chi connectivity index (χ0) is 46.0. The lowest BCUT2D eigenvalue weighted by molar-refractivity contribution is 0.282. The van der Waals surface area contributed by atoms with Gasteiger partial charge in [0, 0.05) is 39.1 Å². The Morgan fingerprint density at radius 2 is 1.05 bits per heavy atom. The summed E-state index contributed by atoms with van der Waals surface area (Å²) in [4.78, 5) is 5.51. The Hall–Kier alpha value is -4.18. The quantitative estimate of drug-likeness (QED) is 0.153. The Morgan fingerprint density at radius 3 is 1.67 bits per heavy atom. The number of anilines is 6. The van der Waals surface area contributed by atoms with E-state index in [1.807, 2.05) is 0 Å². The van der Waals surface area contributed by atoms with Crippen LogP contribution in [0.15, 0.2) is 59.0 Å². The van der Waals surface area contributed by atoms with Crippen LogP contribution in [0.5, 0.6) is 0 Å². The summed E-state index contributed by atoms with van der Waals surface area (Å²) in [6.45, 7) is 44.3. The van der Waals surface area contributed by atoms with Crippen molar-refractivity contribution in [3.05, 3.63) is 110 Å². The van der Waals surface area contributed by atoms with Crippen LogP contribution in [0, 0.1) is 6.92 Å². The fraction of sp³-hybridized carbons (Fsp3) is 0.533. The molecular weight excluding hydrogens is 775 g/mol. The molecule has 334 valence electrons. The number of nitrogens with zero attached hydrogens (tertiary/aromatic N) is 2. The normalized spacial score (nSPS) is 23.4. The third kappa shape index (κ3) is 5.41. The third-order valence-corrected chi connectivity index (χ3v) is 18.1. The lowest BCUT2D eigenvalue weighted by Crippen LogP contribution is -2.63. The van der Waals surface area contributed by atoms with Gasteiger partial charge in [-0.15, -0.1) is 0 Å². The molecule has 3 aliphatic carbocycles. The van der Waals surface area contributed by atoms with Gasteiger partial charge in [-0.2, -0.15) is 0 Å². The third-order valence-electron chi connectivity index (χ3n) is 18.1. The lowest BCUT2D eigenvalue weighted by atomic mass is 9.34. The van der Waals surface area contributed by atoms with Crippen molar-refractivity contribution < 1.29 is 4.42 Å². The first kappa shape index (κ1) is 42.5. The molecule has 0 saturated carbocycles. The van der Waals surface area contributed by atoms with Gasteiger partial charge in [-0.3, -0.25) is 0 Å². The molecular formula is C60H75BN2O. The predicted molar refractivity (Wildman–Crippen MR) is 274 cm³/mol. The summed E-state index contributed by atoms with van der Waals surface area (Å²) in [7, 11) is 0. The maximum absolute atomic E-state index is 7.76. The molecule has 4 heteroatoms. The molecule has 1 aromatic heterocycles. The molecule has 64 heavy (non-hydrogen) atoms. The largest absolute Gasteiger partial charge is 0.472 e. The molecule has 0 radical (unpaired) electrons. The van der Waals surface area contributed by atoms with Crippen LogP contribution in [0.1, 0.15) is 212 Å². The second-order valence-corrected chi connectivity index (χ2v) is 27.1. The molecule has 0 spiro atoms. The average molecular weight is 851 g/mol. The summed E-state index contributed by atoms with van der Waals surface area (Å²) in [6.07, 6.45) is 6.95. The first-order chi connectivity index (χ1) is 29.5. The van der Waals surface area contributed by atoms with Gasteiger partial charge in [0.1, 0.15) is 5.76 Å². The minimum Gasteiger partial charge on any atom is -0.472 e. The molecule has 1 unspecified atom stereocenters. The van der Waals surface area contributed by atoms with Gasteiger partial charge in [0.05, 0.1) is 17.0 Å². The minimum atomic E-state index is -0.143. The zero-order valence-electron chi connectivity index (χ0n) is 42.8. The minimum absolute atomic E-state index is 0.0444. The second-order valence-electron chi connectivity index (χ2n) is 27.1. The van der Waals surface area contributed by atoms with Gasteiger partial charge in [0.2, 0.25) is 0 Å². The van der Waals surface area contributed by atoms with Crippen molar-refractivity contribution in [2.75, 3.05) is 9.80 Å². The van der Waals surface area contributed by atoms with Crippen molar-refractivity contribution in [3.8, 4) is 0 Å². The van der Waals surface area contributed by atoms with Gasteiger partial charge in [-0.1, -0.05) is 148 Å². The fourth-order valence-corrected chi connectivity index (χ4v) is 13.9. The van der Waals surface area contributed by atoms with Gasteiger partial charge in [0.15, 0.2) is 0 Å². The first-order valence-corrected chi connectivity index (χ1v) is 25.0. The van der Waals surface area contributed by atoms with Crippen molar-refractivity contribution in [1.29, 1.82) is 0 Å². The van der Waals surface area contributed by atoms with Crippen molar-refractivity contribution in [2.45, 2.75) is 206 Å². The van der Waals surface area contributed by atoms with Crippen LogP contribution in [0.4, 0.5) is 34.1 Å². The van der Waals surface area contributed by atoms with E-state index in [9.17, 15) is 0 Å². The van der Waals surface area contributed by atoms with Gasteiger partial charge < -0.3 is 14.2 Å². The highest BCUT2D eigenvalue weighted by Crippen LogP contribution is 2.65. The van der Waals surface area contributed by atoms with E-state index < -0.39 is 0 Å². The van der Waals surface area contributed by atoms with Crippen molar-refractivity contribution in [1.82, 2.24) is 0 Å². The number of fused-ring (bicyclic) bond motifs is 11. The maximum atomic E-state index is 7.76. The molecule has 4 heterocycles. The molecule has 1 atom stereocenters. The number of rotatable bonds is 1. The SMILES string of the molecule is Cc1cc2c(c3c1N1c4cc(C(C)(C)C)cc5c4B(c4ccc6c(c41)C3(C)CCC6(C)C)c1oc3c(c1N5c1ccc(C(C)(C)C)cc1)C(C)(C)CCC3(C)C)C(C)(C)CCC2(C)C. The molecule has 0 amide bonds. The highest BCUT2D eigenvalue weighted by atomic mass is 16.3. The standard InChI is InChI=1S/C60H75BN2O/c1-34-31-39-43(57(12,13)26-25-56(39,10)11)45-48(34)63-42-33-36(54(5,6)7)32-41-47(42)61(40-24-23-38-44(49(40)63)60(45,18)30-29-55(38,8)9)52-50(46-51(64-52)59(16,17)28-27-58(46,14)15)62(41)37-21-19-35(20-22-37)53(2,3)4/h19-24,31-33H,25-30H2,1-18H3. The van der Waals surface area contributed by atoms with Crippen molar-refractivity contribution >= 4 is 57.4 Å². The molecule has 6 aliphatic rings. The Kier molecular flexibility index (Phi) is 8.24. The highest BCUT2D eigenvalue weighted by Gasteiger charge is 2.58. The number of benzene rings is 4. The van der Waals surface area contributed by atoms with Crippen molar-refractivity contribution in [3.63, 3.8) is 0 Å². The van der Waals surface area contributed by atoms with Gasteiger partial charge in [-0.25, -0.2) is 0 Å². The summed E-state index contributed by atoms with van der Waals surface area (Å²) < 4.78 is 7.76. The van der Waals surface area contributed by atoms with E-state index in [4.69, 9.17) is 4.42 Å². The molecule has 4 aromatic carbocycles. The van der Waals surface area contributed by atoms with Crippen LogP contribution in [0.3, 0.4) is 0 Å². The van der Waals surface area contributed by atoms with Crippen LogP contribution in [0.2, 0.25) is 0 Å². The molecule has 0 N–H and O–H groups in total. The monoisotopic (exact) mass is 851 g/mol. The number of hydrogen-bond acceptors (Lipinski definition) is 3. The number of aryl methyl sites for hydroxylation is 1.